The van der Waals surface area contributed by atoms with Crippen molar-refractivity contribution in [1.82, 2.24) is 0 Å². The van der Waals surface area contributed by atoms with Crippen molar-refractivity contribution in [2.24, 2.45) is 5.84 Å². The Balaban J connectivity index is 3.00. The molecule has 0 atom stereocenters. The lowest BCUT2D eigenvalue weighted by Gasteiger charge is -2.07. The van der Waals surface area contributed by atoms with Crippen LogP contribution in [0.1, 0.15) is 17.3 Å². The van der Waals surface area contributed by atoms with E-state index < -0.39 is 0 Å². The molecule has 1 rings (SSSR count). The maximum absolute atomic E-state index is 10.6. The average Bonchev–Trinajstić information content (AvgIpc) is 2.19. The molecule has 0 aromatic heterocycles. The van der Waals surface area contributed by atoms with E-state index in [1.54, 1.807) is 18.2 Å². The summed E-state index contributed by atoms with van der Waals surface area (Å²) in [5.74, 6) is 5.77. The van der Waals surface area contributed by atoms with E-state index in [1.165, 1.54) is 0 Å². The van der Waals surface area contributed by atoms with Crippen LogP contribution in [0.4, 0.5) is 5.69 Å². The molecular weight excluding hydrogens is 168 g/mol. The molecule has 0 heterocycles. The average molecular weight is 180 g/mol. The predicted molar refractivity (Wildman–Crippen MR) is 50.8 cm³/mol. The largest absolute Gasteiger partial charge is 0.493 e. The zero-order valence-corrected chi connectivity index (χ0v) is 7.41. The monoisotopic (exact) mass is 180 g/mol. The zero-order chi connectivity index (χ0) is 9.68. The van der Waals surface area contributed by atoms with Crippen LogP contribution in [-0.2, 0) is 0 Å². The van der Waals surface area contributed by atoms with Gasteiger partial charge in [0.2, 0.25) is 0 Å². The molecule has 4 heteroatoms. The Kier molecular flexibility index (Phi) is 3.28. The Hall–Kier alpha value is -1.55. The van der Waals surface area contributed by atoms with Gasteiger partial charge in [0.25, 0.3) is 0 Å². The number of benzene rings is 1. The molecule has 13 heavy (non-hydrogen) atoms. The van der Waals surface area contributed by atoms with Gasteiger partial charge in [-0.05, 0) is 25.1 Å². The smallest absolute Gasteiger partial charge is 0.153 e. The number of hydrogen-bond acceptors (Lipinski definition) is 4. The number of nitrogen functional groups attached to an aromatic ring is 1. The van der Waals surface area contributed by atoms with Gasteiger partial charge in [0, 0.05) is 5.69 Å². The first kappa shape index (κ1) is 9.54. The fourth-order valence-electron chi connectivity index (χ4n) is 1.02. The normalized spacial score (nSPS) is 9.38. The second kappa shape index (κ2) is 4.47. The maximum Gasteiger partial charge on any atom is 0.153 e. The van der Waals surface area contributed by atoms with E-state index in [2.05, 4.69) is 5.43 Å². The van der Waals surface area contributed by atoms with Crippen molar-refractivity contribution in [2.75, 3.05) is 12.0 Å². The Labute approximate surface area is 76.7 Å². The van der Waals surface area contributed by atoms with Crippen LogP contribution in [0.2, 0.25) is 0 Å². The molecule has 0 saturated carbocycles. The summed E-state index contributed by atoms with van der Waals surface area (Å²) in [5.41, 5.74) is 3.64. The molecule has 0 amide bonds. The standard InChI is InChI=1S/C9H12N2O2/c1-2-13-9-4-3-8(11-10)5-7(9)6-12/h3-6,11H,2,10H2,1H3. The van der Waals surface area contributed by atoms with E-state index in [4.69, 9.17) is 10.6 Å². The number of carbonyl (C=O) groups excluding carboxylic acids is 1. The summed E-state index contributed by atoms with van der Waals surface area (Å²) in [4.78, 5) is 10.6. The fraction of sp³-hybridized carbons (Fsp3) is 0.222. The third kappa shape index (κ3) is 2.19. The van der Waals surface area contributed by atoms with E-state index in [9.17, 15) is 4.79 Å². The third-order valence-electron chi connectivity index (χ3n) is 1.60. The van der Waals surface area contributed by atoms with Crippen LogP contribution >= 0.6 is 0 Å². The molecule has 0 saturated heterocycles. The fourth-order valence-corrected chi connectivity index (χ4v) is 1.02. The van der Waals surface area contributed by atoms with Crippen molar-refractivity contribution in [1.29, 1.82) is 0 Å². The quantitative estimate of drug-likeness (QED) is 0.415. The van der Waals surface area contributed by atoms with Gasteiger partial charge in [-0.1, -0.05) is 0 Å². The van der Waals surface area contributed by atoms with Gasteiger partial charge in [-0.3, -0.25) is 10.6 Å². The lowest BCUT2D eigenvalue weighted by Crippen LogP contribution is -2.07. The number of aldehydes is 1. The van der Waals surface area contributed by atoms with Crippen LogP contribution in [0.15, 0.2) is 18.2 Å². The van der Waals surface area contributed by atoms with E-state index in [1.807, 2.05) is 6.92 Å². The summed E-state index contributed by atoms with van der Waals surface area (Å²) in [6.45, 7) is 2.40. The van der Waals surface area contributed by atoms with Gasteiger partial charge in [-0.15, -0.1) is 0 Å². The van der Waals surface area contributed by atoms with E-state index in [-0.39, 0.29) is 0 Å². The summed E-state index contributed by atoms with van der Waals surface area (Å²) in [7, 11) is 0. The number of nitrogens with one attached hydrogen (secondary N) is 1. The molecule has 70 valence electrons. The Morgan fingerprint density at radius 1 is 1.62 bits per heavy atom. The first-order valence-electron chi connectivity index (χ1n) is 4.00. The number of nitrogens with two attached hydrogens (primary N) is 1. The Morgan fingerprint density at radius 3 is 2.92 bits per heavy atom. The highest BCUT2D eigenvalue weighted by atomic mass is 16.5. The first-order chi connectivity index (χ1) is 6.31. The lowest BCUT2D eigenvalue weighted by molar-refractivity contribution is 0.112. The number of rotatable bonds is 4. The third-order valence-corrected chi connectivity index (χ3v) is 1.60. The molecule has 0 unspecified atom stereocenters. The van der Waals surface area contributed by atoms with Crippen LogP contribution in [0.3, 0.4) is 0 Å². The zero-order valence-electron chi connectivity index (χ0n) is 7.41. The van der Waals surface area contributed by atoms with Gasteiger partial charge in [-0.2, -0.15) is 0 Å². The van der Waals surface area contributed by atoms with Crippen LogP contribution in [0.25, 0.3) is 0 Å². The highest BCUT2D eigenvalue weighted by molar-refractivity contribution is 5.81. The summed E-state index contributed by atoms with van der Waals surface area (Å²) in [6, 6.07) is 5.10. The van der Waals surface area contributed by atoms with Crippen molar-refractivity contribution in [3.8, 4) is 5.75 Å². The predicted octanol–water partition coefficient (Wildman–Crippen LogP) is 1.18. The summed E-state index contributed by atoms with van der Waals surface area (Å²) in [5, 5.41) is 0. The Morgan fingerprint density at radius 2 is 2.38 bits per heavy atom. The van der Waals surface area contributed by atoms with Crippen LogP contribution < -0.4 is 16.0 Å². The lowest BCUT2D eigenvalue weighted by atomic mass is 10.2. The van der Waals surface area contributed by atoms with Gasteiger partial charge in [0.1, 0.15) is 5.75 Å². The summed E-state index contributed by atoms with van der Waals surface area (Å²) in [6.07, 6.45) is 0.742. The van der Waals surface area contributed by atoms with E-state index >= 15 is 0 Å². The second-order valence-electron chi connectivity index (χ2n) is 2.45. The van der Waals surface area contributed by atoms with Crippen LogP contribution in [0, 0.1) is 0 Å². The summed E-state index contributed by atoms with van der Waals surface area (Å²) < 4.78 is 5.23. The maximum atomic E-state index is 10.6. The molecule has 3 N–H and O–H groups in total. The van der Waals surface area contributed by atoms with Crippen molar-refractivity contribution >= 4 is 12.0 Å². The van der Waals surface area contributed by atoms with Crippen molar-refractivity contribution in [2.45, 2.75) is 6.92 Å². The SMILES string of the molecule is CCOc1ccc(NN)cc1C=O. The van der Waals surface area contributed by atoms with Crippen molar-refractivity contribution in [3.05, 3.63) is 23.8 Å². The van der Waals surface area contributed by atoms with Crippen LogP contribution in [0.5, 0.6) is 5.75 Å². The Bertz CT molecular complexity index is 300. The van der Waals surface area contributed by atoms with Gasteiger partial charge in [0.05, 0.1) is 12.2 Å². The van der Waals surface area contributed by atoms with Gasteiger partial charge in [0.15, 0.2) is 6.29 Å². The molecule has 0 fully saturated rings. The number of carbonyl (C=O) groups is 1. The number of hydrogen-bond donors (Lipinski definition) is 2. The highest BCUT2D eigenvalue weighted by Gasteiger charge is 2.02. The van der Waals surface area contributed by atoms with E-state index in [0.717, 1.165) is 6.29 Å². The minimum Gasteiger partial charge on any atom is -0.493 e. The molecule has 4 nitrogen and oxygen atoms in total. The van der Waals surface area contributed by atoms with Crippen LogP contribution in [-0.4, -0.2) is 12.9 Å². The second-order valence-corrected chi connectivity index (χ2v) is 2.45. The topological polar surface area (TPSA) is 64.3 Å². The molecule has 1 aromatic carbocycles. The molecule has 0 aliphatic carbocycles. The van der Waals surface area contributed by atoms with Gasteiger partial charge < -0.3 is 10.2 Å². The number of ether oxygens (including phenoxy) is 1. The summed E-state index contributed by atoms with van der Waals surface area (Å²) >= 11 is 0. The van der Waals surface area contributed by atoms with Crippen molar-refractivity contribution in [3.63, 3.8) is 0 Å². The van der Waals surface area contributed by atoms with Crippen molar-refractivity contribution < 1.29 is 9.53 Å². The minimum atomic E-state index is 0.498. The van der Waals surface area contributed by atoms with Gasteiger partial charge in [-0.25, -0.2) is 0 Å². The molecule has 0 bridgehead atoms. The first-order valence-corrected chi connectivity index (χ1v) is 4.00. The van der Waals surface area contributed by atoms with E-state index in [0.29, 0.717) is 23.6 Å². The number of anilines is 1. The molecule has 0 aliphatic heterocycles. The molecule has 0 radical (unpaired) electrons. The molecule has 0 spiro atoms. The minimum absolute atomic E-state index is 0.498. The molecule has 1 aromatic rings. The highest BCUT2D eigenvalue weighted by Crippen LogP contribution is 2.20. The number of hydrazine groups is 1. The van der Waals surface area contributed by atoms with Gasteiger partial charge >= 0.3 is 0 Å². The molecular formula is C9H12N2O2. The molecule has 0 aliphatic rings.